The summed E-state index contributed by atoms with van der Waals surface area (Å²) in [6.45, 7) is 0. The molecule has 0 unspecified atom stereocenters. The molecule has 13 rings (SSSR count). The predicted molar refractivity (Wildman–Crippen MR) is 228 cm³/mol. The van der Waals surface area contributed by atoms with Gasteiger partial charge in [-0.3, -0.25) is 0 Å². The molecule has 0 amide bonds. The molecule has 0 saturated heterocycles. The fourth-order valence-corrected chi connectivity index (χ4v) is 11.7. The first-order chi connectivity index (χ1) is 27.7. The highest BCUT2D eigenvalue weighted by molar-refractivity contribution is 5.94. The minimum atomic E-state index is 0.0358. The van der Waals surface area contributed by atoms with E-state index >= 15 is 0 Å². The van der Waals surface area contributed by atoms with Gasteiger partial charge >= 0.3 is 0 Å². The molecule has 4 saturated carbocycles. The van der Waals surface area contributed by atoms with Crippen LogP contribution in [0.25, 0.3) is 78.3 Å². The smallest absolute Gasteiger partial charge is 0.164 e. The van der Waals surface area contributed by atoms with Gasteiger partial charge in [-0.25, -0.2) is 15.0 Å². The minimum absolute atomic E-state index is 0.0358. The lowest BCUT2D eigenvalue weighted by Crippen LogP contribution is -2.55. The molecule has 1 heterocycles. The van der Waals surface area contributed by atoms with Crippen molar-refractivity contribution in [2.24, 2.45) is 23.7 Å². The first kappa shape index (κ1) is 32.1. The second-order valence-corrected chi connectivity index (χ2v) is 16.9. The van der Waals surface area contributed by atoms with E-state index in [-0.39, 0.29) is 5.41 Å². The summed E-state index contributed by atoms with van der Waals surface area (Å²) < 4.78 is 0. The van der Waals surface area contributed by atoms with Crippen LogP contribution in [0.4, 0.5) is 0 Å². The van der Waals surface area contributed by atoms with Gasteiger partial charge in [-0.2, -0.15) is 0 Å². The normalized spacial score (nSPS) is 22.7. The molecule has 7 aromatic carbocycles. The maximum atomic E-state index is 5.32. The van der Waals surface area contributed by atoms with Crippen LogP contribution in [0, 0.1) is 23.7 Å². The molecule has 0 aliphatic heterocycles. The summed E-state index contributed by atoms with van der Waals surface area (Å²) in [4.78, 5) is 15.8. The van der Waals surface area contributed by atoms with Crippen molar-refractivity contribution in [3.8, 4) is 67.5 Å². The lowest BCUT2D eigenvalue weighted by atomic mass is 9.43. The summed E-state index contributed by atoms with van der Waals surface area (Å²) in [7, 11) is 0. The van der Waals surface area contributed by atoms with E-state index in [0.29, 0.717) is 23.5 Å². The maximum absolute atomic E-state index is 5.32. The van der Waals surface area contributed by atoms with Gasteiger partial charge in [0.25, 0.3) is 0 Å². The lowest BCUT2D eigenvalue weighted by molar-refractivity contribution is -0.0398. The van der Waals surface area contributed by atoms with E-state index in [2.05, 4.69) is 164 Å². The summed E-state index contributed by atoms with van der Waals surface area (Å²) in [5, 5.41) is 2.68. The van der Waals surface area contributed by atoms with E-state index in [9.17, 15) is 0 Å². The van der Waals surface area contributed by atoms with Crippen LogP contribution in [0.15, 0.2) is 164 Å². The molecule has 5 aliphatic carbocycles. The molecule has 8 aromatic rings. The summed E-state index contributed by atoms with van der Waals surface area (Å²) in [5.41, 5.74) is 13.7. The van der Waals surface area contributed by atoms with Crippen LogP contribution >= 0.6 is 0 Å². The Morgan fingerprint density at radius 1 is 0.339 bits per heavy atom. The number of rotatable bonds is 5. The second-order valence-electron chi connectivity index (χ2n) is 16.9. The lowest BCUT2D eigenvalue weighted by Gasteiger charge is -2.61. The largest absolute Gasteiger partial charge is 0.208 e. The number of fused-ring (bicyclic) bond motifs is 4. The van der Waals surface area contributed by atoms with Crippen molar-refractivity contribution < 1.29 is 0 Å². The Morgan fingerprint density at radius 3 is 1.46 bits per heavy atom. The van der Waals surface area contributed by atoms with Crippen molar-refractivity contribution in [1.29, 1.82) is 0 Å². The number of hydrogen-bond donors (Lipinski definition) is 0. The zero-order chi connectivity index (χ0) is 36.8. The van der Waals surface area contributed by atoms with Gasteiger partial charge in [-0.05, 0) is 135 Å². The fourth-order valence-electron chi connectivity index (χ4n) is 11.7. The summed E-state index contributed by atoms with van der Waals surface area (Å²) in [6.07, 6.45) is 6.83. The van der Waals surface area contributed by atoms with E-state index in [1.807, 2.05) is 0 Å². The highest BCUT2D eigenvalue weighted by atomic mass is 15.0. The van der Waals surface area contributed by atoms with Gasteiger partial charge < -0.3 is 0 Å². The first-order valence-electron chi connectivity index (χ1n) is 20.4. The van der Waals surface area contributed by atoms with Crippen molar-refractivity contribution in [2.75, 3.05) is 0 Å². The standard InChI is InChI=1S/C53H41N3/c1-3-10-35(11-4-1)37-18-20-38(21-19-37)50-54-51(42-17-9-16-39(29-42)36-12-5-2-6-13-36)56-52(55-50)43-22-23-46-47-30-40-14-7-8-15-41(40)31-49(47)53(48(46)32-43)44-25-33-24-34(27-44)28-45(53)26-33/h1-23,29-34,44-45H,24-28H2. The van der Waals surface area contributed by atoms with Crippen molar-refractivity contribution >= 4 is 10.8 Å². The summed E-state index contributed by atoms with van der Waals surface area (Å²) in [6, 6.07) is 59.5. The summed E-state index contributed by atoms with van der Waals surface area (Å²) >= 11 is 0. The quantitative estimate of drug-likeness (QED) is 0.178. The van der Waals surface area contributed by atoms with Gasteiger partial charge in [0.15, 0.2) is 17.5 Å². The van der Waals surface area contributed by atoms with E-state index in [0.717, 1.165) is 39.9 Å². The average Bonchev–Trinajstić information content (AvgIpc) is 3.54. The third-order valence-electron chi connectivity index (χ3n) is 13.9. The van der Waals surface area contributed by atoms with Crippen LogP contribution in [-0.4, -0.2) is 15.0 Å². The van der Waals surface area contributed by atoms with Crippen molar-refractivity contribution in [1.82, 2.24) is 15.0 Å². The minimum Gasteiger partial charge on any atom is -0.208 e. The number of aromatic nitrogens is 3. The van der Waals surface area contributed by atoms with Crippen molar-refractivity contribution in [3.05, 3.63) is 175 Å². The number of hydrogen-bond acceptors (Lipinski definition) is 3. The Hall–Kier alpha value is -6.19. The van der Waals surface area contributed by atoms with Gasteiger partial charge in [0.1, 0.15) is 0 Å². The molecule has 1 aromatic heterocycles. The fraction of sp³-hybridized carbons (Fsp3) is 0.189. The number of benzene rings is 7. The Balaban J connectivity index is 1.04. The molecule has 4 fully saturated rings. The van der Waals surface area contributed by atoms with Crippen LogP contribution in [0.3, 0.4) is 0 Å². The molecule has 4 bridgehead atoms. The third-order valence-corrected chi connectivity index (χ3v) is 13.9. The second kappa shape index (κ2) is 12.4. The maximum Gasteiger partial charge on any atom is 0.164 e. The highest BCUT2D eigenvalue weighted by Gasteiger charge is 2.61. The molecular weight excluding hydrogens is 679 g/mol. The van der Waals surface area contributed by atoms with Crippen molar-refractivity contribution in [3.63, 3.8) is 0 Å². The molecule has 1 spiro atoms. The van der Waals surface area contributed by atoms with Gasteiger partial charge in [-0.1, -0.05) is 140 Å². The Morgan fingerprint density at radius 2 is 0.804 bits per heavy atom. The van der Waals surface area contributed by atoms with Crippen LogP contribution in [-0.2, 0) is 5.41 Å². The van der Waals surface area contributed by atoms with E-state index in [4.69, 9.17) is 15.0 Å². The summed E-state index contributed by atoms with van der Waals surface area (Å²) in [5.74, 6) is 5.21. The van der Waals surface area contributed by atoms with Crippen LogP contribution < -0.4 is 0 Å². The van der Waals surface area contributed by atoms with Crippen LogP contribution in [0.2, 0.25) is 0 Å². The molecule has 0 atom stereocenters. The highest BCUT2D eigenvalue weighted by Crippen LogP contribution is 2.69. The molecule has 3 heteroatoms. The van der Waals surface area contributed by atoms with E-state index in [1.165, 1.54) is 76.3 Å². The monoisotopic (exact) mass is 719 g/mol. The molecule has 3 nitrogen and oxygen atoms in total. The van der Waals surface area contributed by atoms with Gasteiger partial charge in [0.05, 0.1) is 0 Å². The Kier molecular flexibility index (Phi) is 7.11. The average molecular weight is 720 g/mol. The third kappa shape index (κ3) is 4.93. The zero-order valence-electron chi connectivity index (χ0n) is 31.3. The first-order valence-corrected chi connectivity index (χ1v) is 20.4. The van der Waals surface area contributed by atoms with Crippen LogP contribution in [0.5, 0.6) is 0 Å². The predicted octanol–water partition coefficient (Wildman–Crippen LogP) is 13.1. The molecule has 0 N–H and O–H groups in total. The molecule has 0 radical (unpaired) electrons. The van der Waals surface area contributed by atoms with Gasteiger partial charge in [-0.15, -0.1) is 0 Å². The Labute approximate surface area is 328 Å². The molecular formula is C53H41N3. The van der Waals surface area contributed by atoms with Gasteiger partial charge in [0.2, 0.25) is 0 Å². The van der Waals surface area contributed by atoms with E-state index < -0.39 is 0 Å². The number of nitrogens with zero attached hydrogens (tertiary/aromatic N) is 3. The van der Waals surface area contributed by atoms with Crippen molar-refractivity contribution in [2.45, 2.75) is 37.5 Å². The molecule has 56 heavy (non-hydrogen) atoms. The van der Waals surface area contributed by atoms with Gasteiger partial charge in [0, 0.05) is 22.1 Å². The van der Waals surface area contributed by atoms with Crippen LogP contribution in [0.1, 0.15) is 43.2 Å². The topological polar surface area (TPSA) is 38.7 Å². The zero-order valence-corrected chi connectivity index (χ0v) is 31.3. The molecule has 5 aliphatic rings. The van der Waals surface area contributed by atoms with E-state index in [1.54, 1.807) is 5.56 Å². The Bertz CT molecular complexity index is 2780. The SMILES string of the molecule is c1ccc(-c2ccc(-c3nc(-c4cccc(-c5ccccc5)c4)nc(-c4ccc5c(c4)C4(c6cc7ccccc7cc6-5)C5CC6CC(C5)CC4C6)n3)cc2)cc1. The molecule has 268 valence electrons.